The highest BCUT2D eigenvalue weighted by Crippen LogP contribution is 2.70. The van der Waals surface area contributed by atoms with Crippen molar-refractivity contribution < 1.29 is 14.3 Å². The van der Waals surface area contributed by atoms with Gasteiger partial charge in [0.2, 0.25) is 5.91 Å². The Morgan fingerprint density at radius 3 is 2.89 bits per heavy atom. The van der Waals surface area contributed by atoms with Crippen molar-refractivity contribution >= 4 is 17.5 Å². The van der Waals surface area contributed by atoms with E-state index in [9.17, 15) is 4.79 Å². The summed E-state index contributed by atoms with van der Waals surface area (Å²) >= 11 is 6.52. The zero-order valence-electron chi connectivity index (χ0n) is 16.5. The summed E-state index contributed by atoms with van der Waals surface area (Å²) < 4.78 is 11.4. The Balaban J connectivity index is 1.64. The van der Waals surface area contributed by atoms with Crippen LogP contribution < -0.4 is 5.32 Å². The summed E-state index contributed by atoms with van der Waals surface area (Å²) in [5.74, 6) is 1.09. The van der Waals surface area contributed by atoms with E-state index < -0.39 is 0 Å². The second kappa shape index (κ2) is 7.06. The fourth-order valence-corrected chi connectivity index (χ4v) is 6.47. The molecular formula is C22H30ClNO3. The van der Waals surface area contributed by atoms with Gasteiger partial charge >= 0.3 is 0 Å². The number of nitrogens with one attached hydrogen (secondary N) is 1. The highest BCUT2D eigenvalue weighted by Gasteiger charge is 2.68. The van der Waals surface area contributed by atoms with Gasteiger partial charge in [-0.15, -0.1) is 0 Å². The van der Waals surface area contributed by atoms with Gasteiger partial charge in [0.1, 0.15) is 0 Å². The van der Waals surface area contributed by atoms with Crippen molar-refractivity contribution in [3.8, 4) is 0 Å². The molecule has 2 bridgehead atoms. The van der Waals surface area contributed by atoms with Gasteiger partial charge in [0.05, 0.1) is 12.7 Å². The van der Waals surface area contributed by atoms with Crippen LogP contribution in [0.1, 0.15) is 51.2 Å². The molecule has 1 aromatic carbocycles. The third-order valence-electron chi connectivity index (χ3n) is 7.56. The molecule has 1 aromatic rings. The maximum Gasteiger partial charge on any atom is 0.222 e. The minimum atomic E-state index is 0.0203. The Bertz CT molecular complexity index is 721. The maximum absolute atomic E-state index is 12.6. The van der Waals surface area contributed by atoms with E-state index in [0.717, 1.165) is 30.0 Å². The van der Waals surface area contributed by atoms with Crippen LogP contribution in [0.2, 0.25) is 5.02 Å². The Morgan fingerprint density at radius 1 is 1.37 bits per heavy atom. The van der Waals surface area contributed by atoms with E-state index in [0.29, 0.717) is 24.9 Å². The number of halogens is 1. The van der Waals surface area contributed by atoms with Gasteiger partial charge in [-0.3, -0.25) is 4.79 Å². The average molecular weight is 392 g/mol. The smallest absolute Gasteiger partial charge is 0.222 e. The molecule has 1 amide bonds. The van der Waals surface area contributed by atoms with Gasteiger partial charge in [-0.25, -0.2) is 0 Å². The Morgan fingerprint density at radius 2 is 2.15 bits per heavy atom. The summed E-state index contributed by atoms with van der Waals surface area (Å²) in [4.78, 5) is 12.6. The minimum Gasteiger partial charge on any atom is -0.384 e. The van der Waals surface area contributed by atoms with Gasteiger partial charge < -0.3 is 14.8 Å². The van der Waals surface area contributed by atoms with Crippen LogP contribution in [0.25, 0.3) is 0 Å². The van der Waals surface area contributed by atoms with Crippen molar-refractivity contribution in [3.63, 3.8) is 0 Å². The molecule has 3 aliphatic rings. The molecule has 5 heteroatoms. The molecule has 2 saturated carbocycles. The van der Waals surface area contributed by atoms with Crippen molar-refractivity contribution in [2.45, 2.75) is 51.7 Å². The zero-order chi connectivity index (χ0) is 19.2. The molecule has 3 fully saturated rings. The molecule has 1 saturated heterocycles. The van der Waals surface area contributed by atoms with Crippen LogP contribution in [0.4, 0.5) is 0 Å². The van der Waals surface area contributed by atoms with Gasteiger partial charge in [0.25, 0.3) is 0 Å². The van der Waals surface area contributed by atoms with E-state index in [-0.39, 0.29) is 28.9 Å². The lowest BCUT2D eigenvalue weighted by molar-refractivity contribution is -0.137. The zero-order valence-corrected chi connectivity index (χ0v) is 17.2. The summed E-state index contributed by atoms with van der Waals surface area (Å²) in [5.41, 5.74) is 1.29. The molecule has 4 nitrogen and oxygen atoms in total. The fourth-order valence-electron chi connectivity index (χ4n) is 6.23. The predicted octanol–water partition coefficient (Wildman–Crippen LogP) is 4.38. The highest BCUT2D eigenvalue weighted by atomic mass is 35.5. The van der Waals surface area contributed by atoms with Crippen molar-refractivity contribution in [2.24, 2.45) is 22.7 Å². The van der Waals surface area contributed by atoms with E-state index >= 15 is 0 Å². The van der Waals surface area contributed by atoms with Crippen molar-refractivity contribution in [1.29, 1.82) is 0 Å². The lowest BCUT2D eigenvalue weighted by Gasteiger charge is -2.53. The Labute approximate surface area is 166 Å². The maximum atomic E-state index is 12.6. The molecular weight excluding hydrogens is 362 g/mol. The average Bonchev–Trinajstić information content (AvgIpc) is 3.13. The third kappa shape index (κ3) is 3.01. The largest absolute Gasteiger partial charge is 0.384 e. The number of methoxy groups -OCH3 is 1. The molecule has 0 unspecified atom stereocenters. The van der Waals surface area contributed by atoms with Gasteiger partial charge in [-0.2, -0.15) is 0 Å². The van der Waals surface area contributed by atoms with E-state index in [1.165, 1.54) is 6.42 Å². The van der Waals surface area contributed by atoms with E-state index in [4.69, 9.17) is 21.1 Å². The quantitative estimate of drug-likeness (QED) is 0.810. The number of benzene rings is 1. The molecule has 1 aliphatic heterocycles. The summed E-state index contributed by atoms with van der Waals surface area (Å²) in [6.07, 6.45) is 3.76. The van der Waals surface area contributed by atoms with Crippen LogP contribution in [0.3, 0.4) is 0 Å². The number of rotatable bonds is 5. The fraction of sp³-hybridized carbons (Fsp3) is 0.682. The molecule has 0 radical (unpaired) electrons. The van der Waals surface area contributed by atoms with Gasteiger partial charge in [-0.05, 0) is 53.6 Å². The molecule has 27 heavy (non-hydrogen) atoms. The molecule has 1 heterocycles. The van der Waals surface area contributed by atoms with E-state index in [1.807, 2.05) is 18.2 Å². The number of hydrogen-bond acceptors (Lipinski definition) is 3. The number of amides is 1. The number of hydrogen-bond donors (Lipinski definition) is 1. The van der Waals surface area contributed by atoms with E-state index in [1.54, 1.807) is 7.11 Å². The number of carbonyl (C=O) groups is 1. The van der Waals surface area contributed by atoms with Crippen LogP contribution >= 0.6 is 11.6 Å². The normalized spacial score (nSPS) is 36.4. The van der Waals surface area contributed by atoms with Crippen molar-refractivity contribution in [1.82, 2.24) is 5.32 Å². The van der Waals surface area contributed by atoms with Crippen LogP contribution in [0.15, 0.2) is 24.3 Å². The first-order chi connectivity index (χ1) is 12.9. The first-order valence-electron chi connectivity index (χ1n) is 10.0. The topological polar surface area (TPSA) is 47.6 Å². The van der Waals surface area contributed by atoms with Crippen molar-refractivity contribution in [3.05, 3.63) is 34.9 Å². The second-order valence-corrected chi connectivity index (χ2v) is 9.51. The van der Waals surface area contributed by atoms with Gasteiger partial charge in [0, 0.05) is 31.2 Å². The van der Waals surface area contributed by atoms with Gasteiger partial charge in [-0.1, -0.05) is 43.6 Å². The SMILES string of the molecule is COCCC(=O)N[C@H]1C(C)(C)[C@@H]2C[C@@H]3[C@@H](c4ccccc4Cl)OCC[C@@]31C2. The Hall–Kier alpha value is -1.10. The highest BCUT2D eigenvalue weighted by molar-refractivity contribution is 6.31. The molecule has 5 atom stereocenters. The monoisotopic (exact) mass is 391 g/mol. The second-order valence-electron chi connectivity index (χ2n) is 9.10. The summed E-state index contributed by atoms with van der Waals surface area (Å²) in [6.45, 7) is 5.83. The third-order valence-corrected chi connectivity index (χ3v) is 7.90. The molecule has 4 rings (SSSR count). The van der Waals surface area contributed by atoms with Crippen molar-refractivity contribution in [2.75, 3.05) is 20.3 Å². The Kier molecular flexibility index (Phi) is 5.02. The molecule has 0 aromatic heterocycles. The summed E-state index contributed by atoms with van der Waals surface area (Å²) in [7, 11) is 1.64. The first-order valence-corrected chi connectivity index (χ1v) is 10.4. The molecule has 1 spiro atoms. The van der Waals surface area contributed by atoms with E-state index in [2.05, 4.69) is 25.2 Å². The summed E-state index contributed by atoms with van der Waals surface area (Å²) in [6, 6.07) is 8.21. The van der Waals surface area contributed by atoms with Crippen LogP contribution in [-0.4, -0.2) is 32.3 Å². The van der Waals surface area contributed by atoms with Crippen LogP contribution in [0.5, 0.6) is 0 Å². The molecule has 148 valence electrons. The van der Waals surface area contributed by atoms with Crippen LogP contribution in [0, 0.1) is 22.7 Å². The standard InChI is InChI=1S/C22H30ClNO3/c1-21(2)14-12-16-19(15-6-4-5-7-17(15)23)27-11-9-22(16,13-14)20(21)24-18(25)8-10-26-3/h4-7,14,16,19-20H,8-13H2,1-3H3,(H,24,25)/t14-,16-,19-,20+,22-/m1/s1. The summed E-state index contributed by atoms with van der Waals surface area (Å²) in [5, 5.41) is 4.18. The number of fused-ring (bicyclic) bond motifs is 1. The molecule has 2 aliphatic carbocycles. The number of carbonyl (C=O) groups excluding carboxylic acids is 1. The molecule has 1 N–H and O–H groups in total. The van der Waals surface area contributed by atoms with Crippen LogP contribution in [-0.2, 0) is 14.3 Å². The lowest BCUT2D eigenvalue weighted by Crippen LogP contribution is -2.59. The minimum absolute atomic E-state index is 0.0203. The number of ether oxygens (including phenoxy) is 2. The first kappa shape index (κ1) is 19.2. The van der Waals surface area contributed by atoms with Gasteiger partial charge in [0.15, 0.2) is 0 Å². The predicted molar refractivity (Wildman–Crippen MR) is 106 cm³/mol. The lowest BCUT2D eigenvalue weighted by atomic mass is 9.59.